The van der Waals surface area contributed by atoms with Crippen LogP contribution in [-0.2, 0) is 11.2 Å². The third-order valence-electron chi connectivity index (χ3n) is 6.22. The molecular formula is C23H32ClN7O3. The van der Waals surface area contributed by atoms with Crippen molar-refractivity contribution in [2.75, 3.05) is 31.9 Å². The van der Waals surface area contributed by atoms with Gasteiger partial charge in [0.2, 0.25) is 0 Å². The van der Waals surface area contributed by atoms with Crippen LogP contribution < -0.4 is 11.1 Å². The number of nitrogen functional groups attached to an aromatic ring is 1. The number of fused-ring (bicyclic) bond motifs is 1. The lowest BCUT2D eigenvalue weighted by atomic mass is 10.1. The van der Waals surface area contributed by atoms with Gasteiger partial charge in [-0.1, -0.05) is 23.7 Å². The van der Waals surface area contributed by atoms with Crippen molar-refractivity contribution >= 4 is 28.6 Å². The summed E-state index contributed by atoms with van der Waals surface area (Å²) in [6, 6.07) is 8.12. The van der Waals surface area contributed by atoms with Crippen molar-refractivity contribution in [2.24, 2.45) is 0 Å². The first-order chi connectivity index (χ1) is 16.3. The normalized spacial score (nSPS) is 22.9. The number of nitrogens with zero attached hydrogens (tertiary/aromatic N) is 5. The third-order valence-corrected chi connectivity index (χ3v) is 6.47. The van der Waals surface area contributed by atoms with Crippen LogP contribution >= 0.6 is 11.6 Å². The van der Waals surface area contributed by atoms with E-state index in [1.165, 1.54) is 18.2 Å². The lowest BCUT2D eigenvalue weighted by molar-refractivity contribution is -0.0466. The maximum Gasteiger partial charge on any atom is 0.167 e. The molecule has 34 heavy (non-hydrogen) atoms. The second-order valence-corrected chi connectivity index (χ2v) is 9.28. The molecule has 4 rings (SSSR count). The first-order valence-corrected chi connectivity index (χ1v) is 11.9. The zero-order chi connectivity index (χ0) is 24.2. The maximum absolute atomic E-state index is 10.7. The second kappa shape index (κ2) is 10.9. The Labute approximate surface area is 203 Å². The number of nitrogens with one attached hydrogen (secondary N) is 1. The molecular weight excluding hydrogens is 458 g/mol. The number of aromatic nitrogens is 4. The van der Waals surface area contributed by atoms with Crippen LogP contribution in [0.2, 0.25) is 5.02 Å². The average molecular weight is 490 g/mol. The van der Waals surface area contributed by atoms with E-state index in [9.17, 15) is 10.2 Å². The predicted octanol–water partition coefficient (Wildman–Crippen LogP) is 1.22. The number of hydrogen-bond donors (Lipinski definition) is 4. The van der Waals surface area contributed by atoms with E-state index in [2.05, 4.69) is 39.0 Å². The third kappa shape index (κ3) is 5.48. The number of hydrogen-bond acceptors (Lipinski definition) is 9. The van der Waals surface area contributed by atoms with Crippen LogP contribution in [0.5, 0.6) is 0 Å². The quantitative estimate of drug-likeness (QED) is 0.310. The van der Waals surface area contributed by atoms with Gasteiger partial charge in [-0.3, -0.25) is 9.47 Å². The monoisotopic (exact) mass is 489 g/mol. The highest BCUT2D eigenvalue weighted by atomic mass is 35.5. The summed E-state index contributed by atoms with van der Waals surface area (Å²) < 4.78 is 7.70. The molecule has 0 spiro atoms. The zero-order valence-electron chi connectivity index (χ0n) is 19.4. The highest BCUT2D eigenvalue weighted by Gasteiger charge is 2.45. The summed E-state index contributed by atoms with van der Waals surface area (Å²) in [6.07, 6.45) is 0.226. The maximum atomic E-state index is 10.7. The van der Waals surface area contributed by atoms with Crippen molar-refractivity contribution < 1.29 is 14.9 Å². The van der Waals surface area contributed by atoms with Gasteiger partial charge < -0.3 is 26.0 Å². The predicted molar refractivity (Wildman–Crippen MR) is 130 cm³/mol. The fourth-order valence-corrected chi connectivity index (χ4v) is 4.31. The molecule has 184 valence electrons. The van der Waals surface area contributed by atoms with Crippen molar-refractivity contribution in [3.8, 4) is 0 Å². The lowest BCUT2D eigenvalue weighted by Crippen LogP contribution is -2.45. The molecule has 0 radical (unpaired) electrons. The van der Waals surface area contributed by atoms with Crippen LogP contribution in [0.1, 0.15) is 25.6 Å². The number of aliphatic hydroxyl groups excluding tert-OH is 2. The van der Waals surface area contributed by atoms with E-state index in [0.29, 0.717) is 17.7 Å². The Bertz CT molecular complexity index is 1080. The van der Waals surface area contributed by atoms with Crippen molar-refractivity contribution in [1.82, 2.24) is 29.7 Å². The van der Waals surface area contributed by atoms with Crippen LogP contribution in [0.3, 0.4) is 0 Å². The SMILES string of the molecule is CC(C)N(CCNCCc1ccc(Cl)cc1)C[C@H]1O[C@@H](n2cnc3c(N)ncnc32)[C@H](O)[C@@H]1O. The number of ether oxygens (including phenoxy) is 1. The molecule has 0 aliphatic carbocycles. The fraction of sp³-hybridized carbons (Fsp3) is 0.522. The van der Waals surface area contributed by atoms with Crippen molar-refractivity contribution in [1.29, 1.82) is 0 Å². The topological polar surface area (TPSA) is 135 Å². The first kappa shape index (κ1) is 24.8. The first-order valence-electron chi connectivity index (χ1n) is 11.5. The molecule has 0 unspecified atom stereocenters. The van der Waals surface area contributed by atoms with Crippen LogP contribution in [-0.4, -0.2) is 85.2 Å². The van der Waals surface area contributed by atoms with Gasteiger partial charge in [0.15, 0.2) is 17.7 Å². The van der Waals surface area contributed by atoms with Crippen LogP contribution in [0, 0.1) is 0 Å². The molecule has 2 aromatic heterocycles. The van der Waals surface area contributed by atoms with Gasteiger partial charge >= 0.3 is 0 Å². The van der Waals surface area contributed by atoms with Crippen LogP contribution in [0.25, 0.3) is 11.2 Å². The van der Waals surface area contributed by atoms with Gasteiger partial charge in [-0.15, -0.1) is 0 Å². The molecule has 0 saturated carbocycles. The number of imidazole rings is 1. The molecule has 5 N–H and O–H groups in total. The Hall–Kier alpha value is -2.34. The smallest absolute Gasteiger partial charge is 0.167 e. The van der Waals surface area contributed by atoms with E-state index < -0.39 is 24.5 Å². The van der Waals surface area contributed by atoms with Gasteiger partial charge in [0.25, 0.3) is 0 Å². The fourth-order valence-electron chi connectivity index (χ4n) is 4.19. The molecule has 1 aliphatic heterocycles. The zero-order valence-corrected chi connectivity index (χ0v) is 20.1. The Morgan fingerprint density at radius 3 is 2.65 bits per heavy atom. The molecule has 4 atom stereocenters. The lowest BCUT2D eigenvalue weighted by Gasteiger charge is -2.30. The molecule has 1 fully saturated rings. The van der Waals surface area contributed by atoms with Gasteiger partial charge in [-0.05, 0) is 44.5 Å². The van der Waals surface area contributed by atoms with E-state index in [-0.39, 0.29) is 11.9 Å². The average Bonchev–Trinajstić information content (AvgIpc) is 3.36. The van der Waals surface area contributed by atoms with E-state index in [4.69, 9.17) is 22.1 Å². The van der Waals surface area contributed by atoms with Crippen LogP contribution in [0.15, 0.2) is 36.9 Å². The summed E-state index contributed by atoms with van der Waals surface area (Å²) in [5.74, 6) is 0.253. The summed E-state index contributed by atoms with van der Waals surface area (Å²) in [7, 11) is 0. The molecule has 1 aromatic carbocycles. The summed E-state index contributed by atoms with van der Waals surface area (Å²) in [5.41, 5.74) is 7.99. The highest BCUT2D eigenvalue weighted by Crippen LogP contribution is 2.32. The summed E-state index contributed by atoms with van der Waals surface area (Å²) in [6.45, 7) is 7.12. The van der Waals surface area contributed by atoms with Gasteiger partial charge in [-0.2, -0.15) is 0 Å². The Balaban J connectivity index is 1.32. The number of anilines is 1. The second-order valence-electron chi connectivity index (χ2n) is 8.84. The molecule has 1 saturated heterocycles. The molecule has 11 heteroatoms. The number of benzene rings is 1. The highest BCUT2D eigenvalue weighted by molar-refractivity contribution is 6.30. The largest absolute Gasteiger partial charge is 0.387 e. The van der Waals surface area contributed by atoms with Gasteiger partial charge in [0.05, 0.1) is 6.33 Å². The van der Waals surface area contributed by atoms with Crippen molar-refractivity contribution in [3.63, 3.8) is 0 Å². The van der Waals surface area contributed by atoms with E-state index in [1.807, 2.05) is 24.3 Å². The van der Waals surface area contributed by atoms with Crippen LogP contribution in [0.4, 0.5) is 5.82 Å². The van der Waals surface area contributed by atoms with Crippen molar-refractivity contribution in [3.05, 3.63) is 47.5 Å². The van der Waals surface area contributed by atoms with E-state index in [0.717, 1.165) is 31.1 Å². The molecule has 0 bridgehead atoms. The minimum absolute atomic E-state index is 0.242. The van der Waals surface area contributed by atoms with E-state index >= 15 is 0 Å². The number of aliphatic hydroxyl groups is 2. The minimum atomic E-state index is -1.12. The molecule has 3 heterocycles. The van der Waals surface area contributed by atoms with Crippen molar-refractivity contribution in [2.45, 2.75) is 50.8 Å². The Kier molecular flexibility index (Phi) is 7.97. The van der Waals surface area contributed by atoms with E-state index in [1.54, 1.807) is 4.57 Å². The molecule has 1 aliphatic rings. The number of rotatable bonds is 10. The summed E-state index contributed by atoms with van der Waals surface area (Å²) >= 11 is 5.94. The molecule has 3 aromatic rings. The molecule has 10 nitrogen and oxygen atoms in total. The number of nitrogens with two attached hydrogens (primary N) is 1. The van der Waals surface area contributed by atoms with Gasteiger partial charge in [-0.25, -0.2) is 15.0 Å². The summed E-state index contributed by atoms with van der Waals surface area (Å²) in [5, 5.41) is 25.6. The Morgan fingerprint density at radius 2 is 1.91 bits per heavy atom. The Morgan fingerprint density at radius 1 is 1.15 bits per heavy atom. The van der Waals surface area contributed by atoms with Gasteiger partial charge in [0.1, 0.15) is 30.2 Å². The minimum Gasteiger partial charge on any atom is -0.387 e. The van der Waals surface area contributed by atoms with Gasteiger partial charge in [0, 0.05) is 30.7 Å². The summed E-state index contributed by atoms with van der Waals surface area (Å²) in [4.78, 5) is 14.6. The molecule has 0 amide bonds. The number of halogens is 1. The standard InChI is InChI=1S/C23H32ClN7O3/c1-14(2)30(10-9-26-8-7-15-3-5-16(24)6-4-15)11-17-19(32)20(33)23(34-17)31-13-29-18-21(25)27-12-28-22(18)31/h3-6,12-14,17,19-20,23,26,32-33H,7-11H2,1-2H3,(H2,25,27,28)/t17-,19-,20-,23-/m1/s1.